The highest BCUT2D eigenvalue weighted by Crippen LogP contribution is 2.32. The first-order valence-electron chi connectivity index (χ1n) is 9.49. The second-order valence-corrected chi connectivity index (χ2v) is 7.85. The fourth-order valence-corrected chi connectivity index (χ4v) is 3.86. The van der Waals surface area contributed by atoms with E-state index in [1.807, 2.05) is 25.3 Å². The van der Waals surface area contributed by atoms with Crippen LogP contribution in [0.2, 0.25) is 5.02 Å². The lowest BCUT2D eigenvalue weighted by molar-refractivity contribution is 0.0958. The maximum atomic E-state index is 14.0. The third-order valence-corrected chi connectivity index (χ3v) is 5.40. The van der Waals surface area contributed by atoms with E-state index in [1.165, 1.54) is 17.0 Å². The Morgan fingerprint density at radius 2 is 1.90 bits per heavy atom. The van der Waals surface area contributed by atoms with Gasteiger partial charge in [-0.1, -0.05) is 11.6 Å². The predicted octanol–water partition coefficient (Wildman–Crippen LogP) is 4.77. The zero-order valence-corrected chi connectivity index (χ0v) is 17.5. The van der Waals surface area contributed by atoms with Crippen LogP contribution in [0.15, 0.2) is 42.6 Å². The number of halogens is 2. The van der Waals surface area contributed by atoms with Crippen LogP contribution in [-0.4, -0.2) is 27.9 Å². The van der Waals surface area contributed by atoms with Gasteiger partial charge in [-0.2, -0.15) is 0 Å². The minimum Gasteiger partial charge on any atom is -0.337 e. The monoisotopic (exact) mass is 426 g/mol. The maximum absolute atomic E-state index is 14.0. The number of carbonyl (C=O) groups excluding carboxylic acids is 2. The second-order valence-electron chi connectivity index (χ2n) is 7.44. The summed E-state index contributed by atoms with van der Waals surface area (Å²) in [6.45, 7) is 5.96. The van der Waals surface area contributed by atoms with Crippen molar-refractivity contribution in [3.63, 3.8) is 0 Å². The number of nitrogens with zero attached hydrogens (tertiary/aromatic N) is 3. The standard InChI is InChI=1S/C22H20ClFN4O2/c1-12-8-15(9-13(2)25-12)21(29)26-19-6-7-27-14(3)11-28(22(30)20(19)27)16-4-5-17(23)18(24)10-16/h4-10,14H,11H2,1-3H3,(H,26,29)/t14-/m0/s1. The van der Waals surface area contributed by atoms with Gasteiger partial charge in [-0.05, 0) is 57.2 Å². The van der Waals surface area contributed by atoms with Crippen molar-refractivity contribution in [1.82, 2.24) is 9.55 Å². The van der Waals surface area contributed by atoms with Crippen LogP contribution in [-0.2, 0) is 0 Å². The van der Waals surface area contributed by atoms with Gasteiger partial charge in [-0.15, -0.1) is 0 Å². The van der Waals surface area contributed by atoms with Crippen molar-refractivity contribution in [2.75, 3.05) is 16.8 Å². The third-order valence-electron chi connectivity index (χ3n) is 5.09. The summed E-state index contributed by atoms with van der Waals surface area (Å²) in [5.74, 6) is -1.24. The molecule has 6 nitrogen and oxygen atoms in total. The highest BCUT2D eigenvalue weighted by Gasteiger charge is 2.33. The summed E-state index contributed by atoms with van der Waals surface area (Å²) in [6, 6.07) is 9.30. The van der Waals surface area contributed by atoms with Crippen LogP contribution in [0, 0.1) is 19.7 Å². The van der Waals surface area contributed by atoms with E-state index in [1.54, 1.807) is 30.5 Å². The molecule has 0 spiro atoms. The normalized spacial score (nSPS) is 15.8. The van der Waals surface area contributed by atoms with Crippen LogP contribution in [0.3, 0.4) is 0 Å². The molecule has 4 rings (SSSR count). The topological polar surface area (TPSA) is 67.2 Å². The molecular weight excluding hydrogens is 407 g/mol. The van der Waals surface area contributed by atoms with E-state index < -0.39 is 5.82 Å². The highest BCUT2D eigenvalue weighted by atomic mass is 35.5. The van der Waals surface area contributed by atoms with Crippen molar-refractivity contribution >= 4 is 34.8 Å². The fraction of sp³-hybridized carbons (Fsp3) is 0.227. The summed E-state index contributed by atoms with van der Waals surface area (Å²) in [5.41, 5.74) is 3.11. The molecule has 0 unspecified atom stereocenters. The average molecular weight is 427 g/mol. The van der Waals surface area contributed by atoms with Crippen LogP contribution in [0.4, 0.5) is 15.8 Å². The molecule has 3 aromatic rings. The number of hydrogen-bond donors (Lipinski definition) is 1. The van der Waals surface area contributed by atoms with Crippen molar-refractivity contribution in [3.8, 4) is 0 Å². The molecule has 30 heavy (non-hydrogen) atoms. The molecule has 2 amide bonds. The van der Waals surface area contributed by atoms with E-state index in [2.05, 4.69) is 10.3 Å². The lowest BCUT2D eigenvalue weighted by atomic mass is 10.1. The number of fused-ring (bicyclic) bond motifs is 1. The second kappa shape index (κ2) is 7.57. The molecule has 1 atom stereocenters. The number of amides is 2. The molecular formula is C22H20ClFN4O2. The van der Waals surface area contributed by atoms with Crippen LogP contribution in [0.5, 0.6) is 0 Å². The first-order chi connectivity index (χ1) is 14.2. The van der Waals surface area contributed by atoms with Crippen molar-refractivity contribution in [2.45, 2.75) is 26.8 Å². The number of benzene rings is 1. The molecule has 8 heteroatoms. The number of nitrogens with one attached hydrogen (secondary N) is 1. The van der Waals surface area contributed by atoms with Gasteiger partial charge in [0.25, 0.3) is 11.8 Å². The molecule has 0 aliphatic carbocycles. The molecule has 0 saturated heterocycles. The summed E-state index contributed by atoms with van der Waals surface area (Å²) in [4.78, 5) is 31.8. The molecule has 0 radical (unpaired) electrons. The smallest absolute Gasteiger partial charge is 0.277 e. The molecule has 1 aromatic carbocycles. The number of carbonyl (C=O) groups is 2. The Bertz CT molecular complexity index is 1150. The van der Waals surface area contributed by atoms with Crippen molar-refractivity contribution in [3.05, 3.63) is 76.1 Å². The van der Waals surface area contributed by atoms with Gasteiger partial charge in [0.2, 0.25) is 0 Å². The lowest BCUT2D eigenvalue weighted by Gasteiger charge is -2.33. The third kappa shape index (κ3) is 3.57. The van der Waals surface area contributed by atoms with Gasteiger partial charge >= 0.3 is 0 Å². The highest BCUT2D eigenvalue weighted by molar-refractivity contribution is 6.30. The molecule has 0 fully saturated rings. The molecule has 3 heterocycles. The van der Waals surface area contributed by atoms with Gasteiger partial charge in [0.1, 0.15) is 11.5 Å². The van der Waals surface area contributed by atoms with Crippen molar-refractivity contribution < 1.29 is 14.0 Å². The van der Waals surface area contributed by atoms with E-state index in [0.717, 1.165) is 11.4 Å². The predicted molar refractivity (Wildman–Crippen MR) is 114 cm³/mol. The number of pyridine rings is 1. The van der Waals surface area contributed by atoms with E-state index >= 15 is 0 Å². The van der Waals surface area contributed by atoms with Gasteiger partial charge in [-0.25, -0.2) is 4.39 Å². The lowest BCUT2D eigenvalue weighted by Crippen LogP contribution is -2.42. The molecule has 1 aliphatic rings. The van der Waals surface area contributed by atoms with E-state index in [9.17, 15) is 14.0 Å². The van der Waals surface area contributed by atoms with Gasteiger partial charge < -0.3 is 14.8 Å². The quantitative estimate of drug-likeness (QED) is 0.656. The fourth-order valence-electron chi connectivity index (χ4n) is 3.74. The Morgan fingerprint density at radius 1 is 1.20 bits per heavy atom. The number of aryl methyl sites for hydroxylation is 2. The molecule has 1 N–H and O–H groups in total. The van der Waals surface area contributed by atoms with Gasteiger partial charge in [0, 0.05) is 41.4 Å². The van der Waals surface area contributed by atoms with Crippen LogP contribution in [0.25, 0.3) is 0 Å². The Balaban J connectivity index is 1.67. The zero-order valence-electron chi connectivity index (χ0n) is 16.7. The molecule has 0 saturated carbocycles. The molecule has 1 aliphatic heterocycles. The number of hydrogen-bond acceptors (Lipinski definition) is 3. The van der Waals surface area contributed by atoms with E-state index in [4.69, 9.17) is 11.6 Å². The summed E-state index contributed by atoms with van der Waals surface area (Å²) in [7, 11) is 0. The molecule has 0 bridgehead atoms. The van der Waals surface area contributed by atoms with Crippen molar-refractivity contribution in [2.24, 2.45) is 0 Å². The van der Waals surface area contributed by atoms with E-state index in [0.29, 0.717) is 29.2 Å². The zero-order chi connectivity index (χ0) is 21.6. The van der Waals surface area contributed by atoms with Gasteiger partial charge in [0.05, 0.1) is 10.7 Å². The SMILES string of the molecule is Cc1cc(C(=O)Nc2ccn3c2C(=O)N(c2ccc(Cl)c(F)c2)C[C@@H]3C)cc(C)n1. The summed E-state index contributed by atoms with van der Waals surface area (Å²) in [6.07, 6.45) is 1.77. The Kier molecular flexibility index (Phi) is 5.07. The molecule has 154 valence electrons. The first-order valence-corrected chi connectivity index (χ1v) is 9.87. The minimum atomic E-state index is -0.590. The largest absolute Gasteiger partial charge is 0.337 e. The van der Waals surface area contributed by atoms with Gasteiger partial charge in [0.15, 0.2) is 0 Å². The summed E-state index contributed by atoms with van der Waals surface area (Å²) < 4.78 is 15.8. The van der Waals surface area contributed by atoms with Gasteiger partial charge in [-0.3, -0.25) is 14.6 Å². The first kappa shape index (κ1) is 20.1. The Labute approximate surface area is 178 Å². The average Bonchev–Trinajstić information content (AvgIpc) is 3.10. The van der Waals surface area contributed by atoms with E-state index in [-0.39, 0.29) is 22.9 Å². The van der Waals surface area contributed by atoms with Crippen LogP contribution >= 0.6 is 11.6 Å². The number of anilines is 2. The number of aromatic nitrogens is 2. The molecule has 2 aromatic heterocycles. The van der Waals surface area contributed by atoms with Crippen molar-refractivity contribution in [1.29, 1.82) is 0 Å². The minimum absolute atomic E-state index is 0.00415. The van der Waals surface area contributed by atoms with Crippen LogP contribution < -0.4 is 10.2 Å². The van der Waals surface area contributed by atoms with Crippen LogP contribution in [0.1, 0.15) is 45.2 Å². The summed E-state index contributed by atoms with van der Waals surface area (Å²) in [5, 5.41) is 2.83. The Morgan fingerprint density at radius 3 is 2.57 bits per heavy atom. The number of rotatable bonds is 3. The maximum Gasteiger partial charge on any atom is 0.277 e. The Hall–Kier alpha value is -3.19. The summed E-state index contributed by atoms with van der Waals surface area (Å²) >= 11 is 5.78.